The monoisotopic (exact) mass is 418 g/mol. The average molecular weight is 419 g/mol. The normalized spacial score (nSPS) is 10.7. The summed E-state index contributed by atoms with van der Waals surface area (Å²) in [4.78, 5) is 27.0. The number of aromatic nitrogens is 3. The van der Waals surface area contributed by atoms with Crippen molar-refractivity contribution in [2.75, 3.05) is 5.32 Å². The summed E-state index contributed by atoms with van der Waals surface area (Å²) in [5.74, 6) is -0.225. The number of carbonyl (C=O) groups is 1. The lowest BCUT2D eigenvalue weighted by atomic mass is 10.1. The highest BCUT2D eigenvalue weighted by molar-refractivity contribution is 7.99. The Kier molecular flexibility index (Phi) is 5.69. The summed E-state index contributed by atoms with van der Waals surface area (Å²) < 4.78 is 0. The molecule has 0 aliphatic heterocycles. The molecular weight excluding hydrogens is 400 g/mol. The molecule has 3 heterocycles. The number of benzene rings is 1. The van der Waals surface area contributed by atoms with E-state index in [-0.39, 0.29) is 5.91 Å². The topological polar surface area (TPSA) is 67.8 Å². The fraction of sp³-hybridized carbons (Fsp3) is 0.0909. The maximum Gasteiger partial charge on any atom is 0.260 e. The van der Waals surface area contributed by atoms with Gasteiger partial charge < -0.3 is 0 Å². The molecule has 0 fully saturated rings. The molecule has 1 aromatic carbocycles. The van der Waals surface area contributed by atoms with Crippen molar-refractivity contribution in [1.82, 2.24) is 15.0 Å². The molecule has 29 heavy (non-hydrogen) atoms. The zero-order valence-corrected chi connectivity index (χ0v) is 17.6. The number of hydrogen-bond donors (Lipinski definition) is 1. The quantitative estimate of drug-likeness (QED) is 0.455. The van der Waals surface area contributed by atoms with Gasteiger partial charge in [-0.1, -0.05) is 17.8 Å². The number of nitrogens with one attached hydrogen (secondary N) is 1. The van der Waals surface area contributed by atoms with E-state index >= 15 is 0 Å². The Morgan fingerprint density at radius 2 is 1.93 bits per heavy atom. The number of carbonyl (C=O) groups excluding carboxylic acids is 1. The van der Waals surface area contributed by atoms with Gasteiger partial charge in [-0.2, -0.15) is 0 Å². The van der Waals surface area contributed by atoms with E-state index in [1.54, 1.807) is 30.7 Å². The van der Waals surface area contributed by atoms with E-state index in [2.05, 4.69) is 46.2 Å². The van der Waals surface area contributed by atoms with Crippen molar-refractivity contribution in [3.8, 4) is 11.3 Å². The molecule has 4 aromatic rings. The first-order valence-electron chi connectivity index (χ1n) is 8.97. The molecule has 0 spiro atoms. The Labute approximate surface area is 177 Å². The largest absolute Gasteiger partial charge is 0.298 e. The van der Waals surface area contributed by atoms with Crippen LogP contribution in [-0.4, -0.2) is 20.9 Å². The van der Waals surface area contributed by atoms with Crippen LogP contribution in [0.2, 0.25) is 0 Å². The number of hydrogen-bond acceptors (Lipinski definition) is 6. The number of nitrogens with zero attached hydrogens (tertiary/aromatic N) is 3. The van der Waals surface area contributed by atoms with Crippen LogP contribution in [0.3, 0.4) is 0 Å². The van der Waals surface area contributed by atoms with Crippen molar-refractivity contribution in [2.45, 2.75) is 23.8 Å². The lowest BCUT2D eigenvalue weighted by Gasteiger charge is -2.09. The van der Waals surface area contributed by atoms with Crippen molar-refractivity contribution in [3.05, 3.63) is 83.1 Å². The predicted octanol–water partition coefficient (Wildman–Crippen LogP) is 5.62. The molecule has 5 nitrogen and oxygen atoms in total. The minimum Gasteiger partial charge on any atom is -0.298 e. The van der Waals surface area contributed by atoms with E-state index in [1.165, 1.54) is 34.2 Å². The second-order valence-corrected chi connectivity index (χ2v) is 8.36. The molecule has 0 saturated heterocycles. The Hall–Kier alpha value is -3.03. The van der Waals surface area contributed by atoms with Crippen LogP contribution >= 0.6 is 23.1 Å². The lowest BCUT2D eigenvalue weighted by molar-refractivity contribution is 0.102. The molecule has 0 aliphatic carbocycles. The van der Waals surface area contributed by atoms with Crippen molar-refractivity contribution >= 4 is 34.1 Å². The van der Waals surface area contributed by atoms with Crippen LogP contribution in [0.4, 0.5) is 5.13 Å². The fourth-order valence-electron chi connectivity index (χ4n) is 2.68. The van der Waals surface area contributed by atoms with Crippen molar-refractivity contribution in [2.24, 2.45) is 0 Å². The van der Waals surface area contributed by atoms with Gasteiger partial charge in [-0.15, -0.1) is 11.3 Å². The van der Waals surface area contributed by atoms with E-state index < -0.39 is 0 Å². The maximum atomic E-state index is 12.9. The van der Waals surface area contributed by atoms with Gasteiger partial charge in [0.1, 0.15) is 5.03 Å². The minimum atomic E-state index is -0.225. The van der Waals surface area contributed by atoms with Crippen molar-refractivity contribution < 1.29 is 4.79 Å². The van der Waals surface area contributed by atoms with Gasteiger partial charge in [0, 0.05) is 34.4 Å². The van der Waals surface area contributed by atoms with Crippen LogP contribution in [0.1, 0.15) is 21.5 Å². The molecule has 0 radical (unpaired) electrons. The van der Waals surface area contributed by atoms with E-state index in [9.17, 15) is 4.79 Å². The second-order valence-electron chi connectivity index (χ2n) is 6.44. The summed E-state index contributed by atoms with van der Waals surface area (Å²) >= 11 is 2.86. The van der Waals surface area contributed by atoms with Crippen LogP contribution in [0.25, 0.3) is 11.3 Å². The van der Waals surface area contributed by atoms with E-state index in [1.807, 2.05) is 23.6 Å². The third kappa shape index (κ3) is 4.52. The smallest absolute Gasteiger partial charge is 0.260 e. The number of thiazole rings is 1. The standard InChI is InChI=1S/C22H18N4OS2/c1-14-7-8-17(11-15(14)2)29-21-18(6-4-10-24-21)20(27)26-22-25-19(13-28-22)16-5-3-9-23-12-16/h3-13H,1-2H3,(H,25,26,27). The highest BCUT2D eigenvalue weighted by Crippen LogP contribution is 2.31. The van der Waals surface area contributed by atoms with Crippen molar-refractivity contribution in [1.29, 1.82) is 0 Å². The SMILES string of the molecule is Cc1ccc(Sc2ncccc2C(=O)Nc2nc(-c3cccnc3)cs2)cc1C. The molecule has 0 aliphatic rings. The van der Waals surface area contributed by atoms with Crippen LogP contribution in [0.5, 0.6) is 0 Å². The van der Waals surface area contributed by atoms with Gasteiger partial charge in [0.25, 0.3) is 5.91 Å². The summed E-state index contributed by atoms with van der Waals surface area (Å²) in [6.07, 6.45) is 5.17. The van der Waals surface area contributed by atoms with E-state index in [0.717, 1.165) is 16.2 Å². The van der Waals surface area contributed by atoms with Crippen LogP contribution in [0.15, 0.2) is 76.4 Å². The Balaban J connectivity index is 1.54. The molecule has 0 saturated carbocycles. The average Bonchev–Trinajstić information content (AvgIpc) is 3.20. The number of rotatable bonds is 5. The summed E-state index contributed by atoms with van der Waals surface area (Å²) in [5, 5.41) is 6.00. The molecule has 1 N–H and O–H groups in total. The Bertz CT molecular complexity index is 1160. The number of aryl methyl sites for hydroxylation is 2. The minimum absolute atomic E-state index is 0.225. The highest BCUT2D eigenvalue weighted by atomic mass is 32.2. The third-order valence-corrected chi connectivity index (χ3v) is 6.16. The van der Waals surface area contributed by atoms with Crippen LogP contribution in [-0.2, 0) is 0 Å². The molecule has 144 valence electrons. The zero-order valence-electron chi connectivity index (χ0n) is 15.9. The second kappa shape index (κ2) is 8.55. The predicted molar refractivity (Wildman–Crippen MR) is 118 cm³/mol. The number of anilines is 1. The first-order chi connectivity index (χ1) is 14.1. The number of pyridine rings is 2. The van der Waals surface area contributed by atoms with Gasteiger partial charge in [-0.05, 0) is 61.4 Å². The first-order valence-corrected chi connectivity index (χ1v) is 10.7. The zero-order chi connectivity index (χ0) is 20.2. The maximum absolute atomic E-state index is 12.9. The molecule has 0 unspecified atom stereocenters. The van der Waals surface area contributed by atoms with E-state index in [4.69, 9.17) is 0 Å². The lowest BCUT2D eigenvalue weighted by Crippen LogP contribution is -2.13. The summed E-state index contributed by atoms with van der Waals surface area (Å²) in [6, 6.07) is 13.6. The summed E-state index contributed by atoms with van der Waals surface area (Å²) in [6.45, 7) is 4.16. The van der Waals surface area contributed by atoms with Gasteiger partial charge in [0.15, 0.2) is 5.13 Å². The molecular formula is C22H18N4OS2. The van der Waals surface area contributed by atoms with Crippen LogP contribution in [0, 0.1) is 13.8 Å². The van der Waals surface area contributed by atoms with Gasteiger partial charge in [-0.3, -0.25) is 15.1 Å². The van der Waals surface area contributed by atoms with Gasteiger partial charge in [0.2, 0.25) is 0 Å². The molecule has 0 atom stereocenters. The van der Waals surface area contributed by atoms with Gasteiger partial charge in [-0.25, -0.2) is 9.97 Å². The van der Waals surface area contributed by atoms with Crippen molar-refractivity contribution in [3.63, 3.8) is 0 Å². The Morgan fingerprint density at radius 1 is 1.07 bits per heavy atom. The number of amides is 1. The summed E-state index contributed by atoms with van der Waals surface area (Å²) in [7, 11) is 0. The fourth-order valence-corrected chi connectivity index (χ4v) is 4.37. The molecule has 3 aromatic heterocycles. The highest BCUT2D eigenvalue weighted by Gasteiger charge is 2.16. The van der Waals surface area contributed by atoms with Gasteiger partial charge in [0.05, 0.1) is 11.3 Å². The van der Waals surface area contributed by atoms with Gasteiger partial charge >= 0.3 is 0 Å². The molecule has 4 rings (SSSR count). The first kappa shape index (κ1) is 19.3. The Morgan fingerprint density at radius 3 is 2.72 bits per heavy atom. The molecule has 0 bridgehead atoms. The molecule has 7 heteroatoms. The third-order valence-electron chi connectivity index (χ3n) is 4.39. The van der Waals surface area contributed by atoms with E-state index in [0.29, 0.717) is 15.7 Å². The molecule has 1 amide bonds. The van der Waals surface area contributed by atoms with Crippen LogP contribution < -0.4 is 5.32 Å². The summed E-state index contributed by atoms with van der Waals surface area (Å²) in [5.41, 5.74) is 4.67.